The fourth-order valence-corrected chi connectivity index (χ4v) is 2.67. The number of ether oxygens (including phenoxy) is 1. The van der Waals surface area contributed by atoms with Crippen molar-refractivity contribution in [3.05, 3.63) is 33.8 Å². The van der Waals surface area contributed by atoms with E-state index in [1.54, 1.807) is 4.90 Å². The summed E-state index contributed by atoms with van der Waals surface area (Å²) in [6.45, 7) is 7.04. The van der Waals surface area contributed by atoms with E-state index in [1.165, 1.54) is 7.11 Å². The lowest BCUT2D eigenvalue weighted by molar-refractivity contribution is -0.140. The van der Waals surface area contributed by atoms with Gasteiger partial charge in [0.15, 0.2) is 0 Å². The second-order valence-corrected chi connectivity index (χ2v) is 6.31. The maximum atomic E-state index is 12.7. The average Bonchev–Trinajstić information content (AvgIpc) is 2.42. The van der Waals surface area contributed by atoms with Gasteiger partial charge in [-0.1, -0.05) is 19.9 Å². The molecule has 21 heavy (non-hydrogen) atoms. The Morgan fingerprint density at radius 1 is 1.33 bits per heavy atom. The van der Waals surface area contributed by atoms with Crippen molar-refractivity contribution in [3.63, 3.8) is 0 Å². The van der Waals surface area contributed by atoms with Gasteiger partial charge in [-0.3, -0.25) is 9.59 Å². The lowest BCUT2D eigenvalue weighted by Gasteiger charge is -2.25. The van der Waals surface area contributed by atoms with Crippen LogP contribution in [-0.2, 0) is 9.53 Å². The summed E-state index contributed by atoms with van der Waals surface area (Å²) < 4.78 is 5.42. The number of benzene rings is 1. The van der Waals surface area contributed by atoms with E-state index < -0.39 is 0 Å². The average molecular weight is 356 g/mol. The van der Waals surface area contributed by atoms with Crippen LogP contribution in [0.1, 0.15) is 36.2 Å². The van der Waals surface area contributed by atoms with Gasteiger partial charge in [-0.25, -0.2) is 0 Å². The number of esters is 1. The van der Waals surface area contributed by atoms with Crippen LogP contribution in [0.5, 0.6) is 0 Å². The van der Waals surface area contributed by atoms with Gasteiger partial charge in [-0.2, -0.15) is 0 Å². The van der Waals surface area contributed by atoms with Crippen LogP contribution in [-0.4, -0.2) is 37.0 Å². The standard InChI is InChI=1S/C16H22BrNO3/c1-11(2)10-18(8-7-15(19)21-4)16(20)13-6-5-12(3)9-14(13)17/h5-6,9,11H,7-8,10H2,1-4H3. The van der Waals surface area contributed by atoms with Crippen LogP contribution in [0.25, 0.3) is 0 Å². The summed E-state index contributed by atoms with van der Waals surface area (Å²) in [5.41, 5.74) is 1.70. The highest BCUT2D eigenvalue weighted by atomic mass is 79.9. The highest BCUT2D eigenvalue weighted by Gasteiger charge is 2.20. The molecule has 0 unspecified atom stereocenters. The molecule has 0 radical (unpaired) electrons. The molecule has 0 aliphatic heterocycles. The lowest BCUT2D eigenvalue weighted by Crippen LogP contribution is -2.36. The van der Waals surface area contributed by atoms with Crippen molar-refractivity contribution < 1.29 is 14.3 Å². The Balaban J connectivity index is 2.90. The van der Waals surface area contributed by atoms with E-state index in [-0.39, 0.29) is 18.3 Å². The van der Waals surface area contributed by atoms with Crippen molar-refractivity contribution in [2.75, 3.05) is 20.2 Å². The SMILES string of the molecule is COC(=O)CCN(CC(C)C)C(=O)c1ccc(C)cc1Br. The van der Waals surface area contributed by atoms with Gasteiger partial charge >= 0.3 is 5.97 Å². The molecular formula is C16H22BrNO3. The fraction of sp³-hybridized carbons (Fsp3) is 0.500. The minimum Gasteiger partial charge on any atom is -0.469 e. The number of amides is 1. The van der Waals surface area contributed by atoms with Crippen molar-refractivity contribution in [1.29, 1.82) is 0 Å². The zero-order chi connectivity index (χ0) is 16.0. The van der Waals surface area contributed by atoms with Gasteiger partial charge in [0.25, 0.3) is 5.91 Å². The number of nitrogens with zero attached hydrogens (tertiary/aromatic N) is 1. The van der Waals surface area contributed by atoms with Crippen LogP contribution < -0.4 is 0 Å². The Hall–Kier alpha value is -1.36. The third-order valence-corrected chi connectivity index (χ3v) is 3.70. The van der Waals surface area contributed by atoms with Crippen LogP contribution in [0.3, 0.4) is 0 Å². The fourth-order valence-electron chi connectivity index (χ4n) is 2.01. The number of halogens is 1. The second kappa shape index (κ2) is 8.17. The van der Waals surface area contributed by atoms with E-state index in [4.69, 9.17) is 0 Å². The number of rotatable bonds is 6. The first-order valence-electron chi connectivity index (χ1n) is 6.97. The molecule has 0 bridgehead atoms. The third kappa shape index (κ3) is 5.50. The number of methoxy groups -OCH3 is 1. The molecule has 1 aromatic rings. The molecule has 0 aliphatic rings. The van der Waals surface area contributed by atoms with Crippen molar-refractivity contribution in [2.45, 2.75) is 27.2 Å². The second-order valence-electron chi connectivity index (χ2n) is 5.45. The summed E-state index contributed by atoms with van der Waals surface area (Å²) in [6.07, 6.45) is 0.207. The molecule has 1 rings (SSSR count). The summed E-state index contributed by atoms with van der Waals surface area (Å²) in [6, 6.07) is 5.64. The maximum Gasteiger partial charge on any atom is 0.307 e. The molecule has 5 heteroatoms. The van der Waals surface area contributed by atoms with E-state index in [0.29, 0.717) is 24.6 Å². The Morgan fingerprint density at radius 3 is 2.52 bits per heavy atom. The summed E-state index contributed by atoms with van der Waals surface area (Å²) in [7, 11) is 1.35. The predicted octanol–water partition coefficient (Wildman–Crippen LogP) is 3.42. The van der Waals surface area contributed by atoms with E-state index in [9.17, 15) is 9.59 Å². The molecule has 0 fully saturated rings. The van der Waals surface area contributed by atoms with E-state index in [0.717, 1.165) is 10.0 Å². The van der Waals surface area contributed by atoms with Crippen LogP contribution >= 0.6 is 15.9 Å². The van der Waals surface area contributed by atoms with Crippen LogP contribution in [0.4, 0.5) is 0 Å². The van der Waals surface area contributed by atoms with Gasteiger partial charge in [0.2, 0.25) is 0 Å². The molecule has 0 atom stereocenters. The summed E-state index contributed by atoms with van der Waals surface area (Å²) >= 11 is 3.44. The van der Waals surface area contributed by atoms with Crippen molar-refractivity contribution >= 4 is 27.8 Å². The minimum atomic E-state index is -0.306. The first kappa shape index (κ1) is 17.7. The highest BCUT2D eigenvalue weighted by Crippen LogP contribution is 2.20. The van der Waals surface area contributed by atoms with E-state index in [1.807, 2.05) is 39.0 Å². The van der Waals surface area contributed by atoms with Gasteiger partial charge in [0, 0.05) is 17.6 Å². The molecule has 116 valence electrons. The van der Waals surface area contributed by atoms with Gasteiger partial charge in [0.05, 0.1) is 19.1 Å². The molecule has 0 saturated heterocycles. The topological polar surface area (TPSA) is 46.6 Å². The molecule has 0 saturated carbocycles. The summed E-state index contributed by atoms with van der Waals surface area (Å²) in [5.74, 6) is -0.0465. The van der Waals surface area contributed by atoms with Gasteiger partial charge in [0.1, 0.15) is 0 Å². The summed E-state index contributed by atoms with van der Waals surface area (Å²) in [5, 5.41) is 0. The zero-order valence-electron chi connectivity index (χ0n) is 13.0. The maximum absolute atomic E-state index is 12.7. The Morgan fingerprint density at radius 2 is 2.00 bits per heavy atom. The molecule has 0 aliphatic carbocycles. The zero-order valence-corrected chi connectivity index (χ0v) is 14.6. The van der Waals surface area contributed by atoms with Gasteiger partial charge < -0.3 is 9.64 Å². The van der Waals surface area contributed by atoms with Crippen LogP contribution in [0.15, 0.2) is 22.7 Å². The number of carbonyl (C=O) groups excluding carboxylic acids is 2. The number of hydrogen-bond donors (Lipinski definition) is 0. The monoisotopic (exact) mass is 355 g/mol. The van der Waals surface area contributed by atoms with Crippen LogP contribution in [0.2, 0.25) is 0 Å². The molecule has 1 aromatic carbocycles. The molecule has 4 nitrogen and oxygen atoms in total. The van der Waals surface area contributed by atoms with E-state index in [2.05, 4.69) is 20.7 Å². The molecule has 0 N–H and O–H groups in total. The van der Waals surface area contributed by atoms with Gasteiger partial charge in [-0.05, 0) is 46.5 Å². The van der Waals surface area contributed by atoms with Gasteiger partial charge in [-0.15, -0.1) is 0 Å². The molecule has 0 spiro atoms. The largest absolute Gasteiger partial charge is 0.469 e. The Bertz CT molecular complexity index is 514. The first-order valence-corrected chi connectivity index (χ1v) is 7.76. The van der Waals surface area contributed by atoms with Crippen molar-refractivity contribution in [3.8, 4) is 0 Å². The number of carbonyl (C=O) groups is 2. The third-order valence-electron chi connectivity index (χ3n) is 3.04. The predicted molar refractivity (Wildman–Crippen MR) is 86.3 cm³/mol. The molecule has 1 amide bonds. The van der Waals surface area contributed by atoms with Crippen LogP contribution in [0, 0.1) is 12.8 Å². The molecular weight excluding hydrogens is 334 g/mol. The highest BCUT2D eigenvalue weighted by molar-refractivity contribution is 9.10. The van der Waals surface area contributed by atoms with E-state index >= 15 is 0 Å². The number of hydrogen-bond acceptors (Lipinski definition) is 3. The molecule has 0 aromatic heterocycles. The van der Waals surface area contributed by atoms with Crippen molar-refractivity contribution in [1.82, 2.24) is 4.90 Å². The minimum absolute atomic E-state index is 0.0699. The quantitative estimate of drug-likeness (QED) is 0.734. The summed E-state index contributed by atoms with van der Waals surface area (Å²) in [4.78, 5) is 25.7. The first-order chi connectivity index (χ1) is 9.85. The Labute approximate surface area is 134 Å². The van der Waals surface area contributed by atoms with Crippen molar-refractivity contribution in [2.24, 2.45) is 5.92 Å². The number of aryl methyl sites for hydroxylation is 1. The lowest BCUT2D eigenvalue weighted by atomic mass is 10.1. The molecule has 0 heterocycles. The smallest absolute Gasteiger partial charge is 0.307 e. The normalized spacial score (nSPS) is 10.6. The Kier molecular flexibility index (Phi) is 6.89.